The number of rotatable bonds is 10. The van der Waals surface area contributed by atoms with E-state index in [1.807, 2.05) is 84.9 Å². The Balaban J connectivity index is 1.62. The maximum absolute atomic E-state index is 13.7. The van der Waals surface area contributed by atoms with Crippen molar-refractivity contribution in [3.63, 3.8) is 0 Å². The highest BCUT2D eigenvalue weighted by Crippen LogP contribution is 2.26. The van der Waals surface area contributed by atoms with Crippen molar-refractivity contribution in [2.75, 3.05) is 0 Å². The lowest BCUT2D eigenvalue weighted by molar-refractivity contribution is -0.141. The van der Waals surface area contributed by atoms with Gasteiger partial charge in [0.2, 0.25) is 11.8 Å². The zero-order valence-electron chi connectivity index (χ0n) is 19.9. The van der Waals surface area contributed by atoms with Gasteiger partial charge in [-0.25, -0.2) is 0 Å². The number of carbonyl (C=O) groups excluding carboxylic acids is 2. The largest absolute Gasteiger partial charge is 0.350 e. The number of hydrogen-bond donors (Lipinski definition) is 1. The first-order chi connectivity index (χ1) is 17.6. The predicted molar refractivity (Wildman–Crippen MR) is 142 cm³/mol. The molecule has 6 heteroatoms. The summed E-state index contributed by atoms with van der Waals surface area (Å²) in [6.45, 7) is 0.605. The molecule has 0 aliphatic carbocycles. The standard InChI is InChI=1S/C30H28ClN3O2/c31-27-16-13-24(14-17-27)22-34(28(35)18-15-23-8-3-1-4-9-23)29(26-11-5-2-6-12-26)30(36)33-21-25-10-7-19-32-20-25/h1-14,16-17,19-20,29H,15,18,21-22H2,(H,33,36)/t29-/m0/s1. The summed E-state index contributed by atoms with van der Waals surface area (Å²) in [5.74, 6) is -0.341. The molecule has 0 unspecified atom stereocenters. The van der Waals surface area contributed by atoms with Gasteiger partial charge in [-0.3, -0.25) is 14.6 Å². The minimum atomic E-state index is -0.790. The topological polar surface area (TPSA) is 62.3 Å². The zero-order chi connectivity index (χ0) is 25.2. The van der Waals surface area contributed by atoms with E-state index in [2.05, 4.69) is 10.3 Å². The molecule has 3 aromatic carbocycles. The van der Waals surface area contributed by atoms with Crippen LogP contribution in [-0.4, -0.2) is 21.7 Å². The number of amides is 2. The van der Waals surface area contributed by atoms with Crippen LogP contribution < -0.4 is 5.32 Å². The normalized spacial score (nSPS) is 11.5. The number of aryl methyl sites for hydroxylation is 1. The second-order valence-electron chi connectivity index (χ2n) is 8.53. The van der Waals surface area contributed by atoms with Crippen LogP contribution in [0.1, 0.15) is 34.7 Å². The van der Waals surface area contributed by atoms with Gasteiger partial charge in [-0.05, 0) is 46.9 Å². The number of aromatic nitrogens is 1. The summed E-state index contributed by atoms with van der Waals surface area (Å²) >= 11 is 6.09. The van der Waals surface area contributed by atoms with Gasteiger partial charge in [-0.1, -0.05) is 90.5 Å². The molecule has 1 heterocycles. The molecule has 4 rings (SSSR count). The Labute approximate surface area is 216 Å². The van der Waals surface area contributed by atoms with Gasteiger partial charge in [0.05, 0.1) is 0 Å². The van der Waals surface area contributed by atoms with Crippen LogP contribution in [0.3, 0.4) is 0 Å². The van der Waals surface area contributed by atoms with Crippen molar-refractivity contribution in [3.8, 4) is 0 Å². The van der Waals surface area contributed by atoms with Crippen LogP contribution in [0, 0.1) is 0 Å². The summed E-state index contributed by atoms with van der Waals surface area (Å²) in [6.07, 6.45) is 4.29. The molecule has 1 atom stereocenters. The van der Waals surface area contributed by atoms with Crippen molar-refractivity contribution in [1.82, 2.24) is 15.2 Å². The first-order valence-electron chi connectivity index (χ1n) is 11.9. The second-order valence-corrected chi connectivity index (χ2v) is 8.96. The molecule has 4 aromatic rings. The molecule has 0 fully saturated rings. The molecule has 0 radical (unpaired) electrons. The Morgan fingerprint density at radius 3 is 2.14 bits per heavy atom. The molecule has 36 heavy (non-hydrogen) atoms. The van der Waals surface area contributed by atoms with E-state index in [-0.39, 0.29) is 24.8 Å². The van der Waals surface area contributed by atoms with E-state index in [1.54, 1.807) is 29.4 Å². The first-order valence-corrected chi connectivity index (χ1v) is 12.3. The number of carbonyl (C=O) groups is 2. The molecular formula is C30H28ClN3O2. The Bertz CT molecular complexity index is 1250. The van der Waals surface area contributed by atoms with E-state index in [1.165, 1.54) is 0 Å². The van der Waals surface area contributed by atoms with Crippen molar-refractivity contribution in [1.29, 1.82) is 0 Å². The maximum atomic E-state index is 13.7. The summed E-state index contributed by atoms with van der Waals surface area (Å²) < 4.78 is 0. The summed E-state index contributed by atoms with van der Waals surface area (Å²) in [6, 6.07) is 29.6. The van der Waals surface area contributed by atoms with Crippen LogP contribution in [0.5, 0.6) is 0 Å². The number of benzene rings is 3. The van der Waals surface area contributed by atoms with Gasteiger partial charge in [-0.2, -0.15) is 0 Å². The van der Waals surface area contributed by atoms with Gasteiger partial charge in [0.15, 0.2) is 0 Å². The van der Waals surface area contributed by atoms with Gasteiger partial charge in [0.25, 0.3) is 0 Å². The van der Waals surface area contributed by atoms with E-state index >= 15 is 0 Å². The monoisotopic (exact) mass is 497 g/mol. The number of halogens is 1. The quantitative estimate of drug-likeness (QED) is 0.303. The third-order valence-electron chi connectivity index (χ3n) is 5.92. The van der Waals surface area contributed by atoms with Crippen molar-refractivity contribution >= 4 is 23.4 Å². The maximum Gasteiger partial charge on any atom is 0.247 e. The van der Waals surface area contributed by atoms with Crippen molar-refractivity contribution in [2.24, 2.45) is 0 Å². The Kier molecular flexibility index (Phi) is 8.84. The Morgan fingerprint density at radius 2 is 1.47 bits per heavy atom. The summed E-state index contributed by atoms with van der Waals surface area (Å²) in [5.41, 5.74) is 3.61. The number of pyridine rings is 1. The van der Waals surface area contributed by atoms with Gasteiger partial charge in [-0.15, -0.1) is 0 Å². The number of nitrogens with one attached hydrogen (secondary N) is 1. The van der Waals surface area contributed by atoms with Crippen molar-refractivity contribution in [2.45, 2.75) is 32.0 Å². The van der Waals surface area contributed by atoms with E-state index in [0.29, 0.717) is 18.0 Å². The smallest absolute Gasteiger partial charge is 0.247 e. The highest BCUT2D eigenvalue weighted by molar-refractivity contribution is 6.30. The molecule has 0 saturated carbocycles. The zero-order valence-corrected chi connectivity index (χ0v) is 20.6. The highest BCUT2D eigenvalue weighted by atomic mass is 35.5. The SMILES string of the molecule is O=C(NCc1cccnc1)[C@H](c1ccccc1)N(Cc1ccc(Cl)cc1)C(=O)CCc1ccccc1. The summed E-state index contributed by atoms with van der Waals surface area (Å²) in [7, 11) is 0. The molecule has 0 aliphatic heterocycles. The third-order valence-corrected chi connectivity index (χ3v) is 6.17. The third kappa shape index (κ3) is 7.03. The van der Waals surface area contributed by atoms with Crippen LogP contribution in [-0.2, 0) is 29.1 Å². The highest BCUT2D eigenvalue weighted by Gasteiger charge is 2.31. The van der Waals surface area contributed by atoms with Crippen molar-refractivity contribution in [3.05, 3.63) is 137 Å². The Hall–Kier alpha value is -3.96. The van der Waals surface area contributed by atoms with Crippen LogP contribution in [0.15, 0.2) is 109 Å². The van der Waals surface area contributed by atoms with Crippen LogP contribution >= 0.6 is 11.6 Å². The average molecular weight is 498 g/mol. The minimum absolute atomic E-state index is 0.0980. The van der Waals surface area contributed by atoms with Crippen molar-refractivity contribution < 1.29 is 9.59 Å². The minimum Gasteiger partial charge on any atom is -0.350 e. The first kappa shape index (κ1) is 25.1. The van der Waals surface area contributed by atoms with E-state index in [9.17, 15) is 9.59 Å². The lowest BCUT2D eigenvalue weighted by Gasteiger charge is -2.32. The van der Waals surface area contributed by atoms with E-state index < -0.39 is 6.04 Å². The van der Waals surface area contributed by atoms with E-state index in [0.717, 1.165) is 22.3 Å². The summed E-state index contributed by atoms with van der Waals surface area (Å²) in [4.78, 5) is 33.1. The lowest BCUT2D eigenvalue weighted by Crippen LogP contribution is -2.43. The second kappa shape index (κ2) is 12.7. The fourth-order valence-electron chi connectivity index (χ4n) is 4.05. The molecule has 0 saturated heterocycles. The van der Waals surface area contributed by atoms with Gasteiger partial charge >= 0.3 is 0 Å². The number of nitrogens with zero attached hydrogens (tertiary/aromatic N) is 2. The molecule has 1 N–H and O–H groups in total. The van der Waals surface area contributed by atoms with Crippen LogP contribution in [0.25, 0.3) is 0 Å². The summed E-state index contributed by atoms with van der Waals surface area (Å²) in [5, 5.41) is 3.63. The Morgan fingerprint density at radius 1 is 0.806 bits per heavy atom. The van der Waals surface area contributed by atoms with Gasteiger partial charge in [0, 0.05) is 36.9 Å². The molecule has 0 spiro atoms. The molecular weight excluding hydrogens is 470 g/mol. The van der Waals surface area contributed by atoms with Gasteiger partial charge in [0.1, 0.15) is 6.04 Å². The fraction of sp³-hybridized carbons (Fsp3) is 0.167. The molecule has 1 aromatic heterocycles. The predicted octanol–water partition coefficient (Wildman–Crippen LogP) is 5.75. The van der Waals surface area contributed by atoms with E-state index in [4.69, 9.17) is 11.6 Å². The van der Waals surface area contributed by atoms with Crippen LogP contribution in [0.4, 0.5) is 0 Å². The van der Waals surface area contributed by atoms with Gasteiger partial charge < -0.3 is 10.2 Å². The molecule has 2 amide bonds. The average Bonchev–Trinajstić information content (AvgIpc) is 2.93. The molecule has 5 nitrogen and oxygen atoms in total. The molecule has 0 bridgehead atoms. The molecule has 0 aliphatic rings. The molecule has 182 valence electrons. The lowest BCUT2D eigenvalue weighted by atomic mass is 10.0. The fourth-order valence-corrected chi connectivity index (χ4v) is 4.17. The number of hydrogen-bond acceptors (Lipinski definition) is 3. The van der Waals surface area contributed by atoms with Crippen LogP contribution in [0.2, 0.25) is 5.02 Å².